The maximum absolute atomic E-state index is 13.3. The molecule has 2 nitrogen and oxygen atoms in total. The Morgan fingerprint density at radius 1 is 1.44 bits per heavy atom. The third-order valence-corrected chi connectivity index (χ3v) is 2.38. The van der Waals surface area contributed by atoms with E-state index in [4.69, 9.17) is 16.3 Å². The average molecular weight is 245 g/mol. The molecule has 1 aromatic carbocycles. The Balaban J connectivity index is 2.73. The number of esters is 1. The highest BCUT2D eigenvalue weighted by Crippen LogP contribution is 2.22. The van der Waals surface area contributed by atoms with E-state index in [1.807, 2.05) is 0 Å². The number of rotatable bonds is 2. The van der Waals surface area contributed by atoms with Gasteiger partial charge in [0, 0.05) is 5.56 Å². The fraction of sp³-hybridized carbons (Fsp3) is 0.417. The lowest BCUT2D eigenvalue weighted by molar-refractivity contribution is -0.154. The number of hydrogen-bond acceptors (Lipinski definition) is 2. The molecule has 0 fully saturated rings. The van der Waals surface area contributed by atoms with Crippen LogP contribution < -0.4 is 0 Å². The molecule has 0 unspecified atom stereocenters. The van der Waals surface area contributed by atoms with Gasteiger partial charge in [-0.05, 0) is 32.9 Å². The highest BCUT2D eigenvalue weighted by Gasteiger charge is 2.23. The predicted octanol–water partition coefficient (Wildman–Crippen LogP) is 3.57. The second-order valence-electron chi connectivity index (χ2n) is 4.53. The van der Waals surface area contributed by atoms with Crippen LogP contribution >= 0.6 is 11.6 Å². The Morgan fingerprint density at radius 3 is 2.56 bits per heavy atom. The first-order valence-electron chi connectivity index (χ1n) is 4.92. The first kappa shape index (κ1) is 13.0. The van der Waals surface area contributed by atoms with Gasteiger partial charge in [-0.25, -0.2) is 4.39 Å². The zero-order chi connectivity index (χ0) is 12.3. The molecule has 0 heterocycles. The summed E-state index contributed by atoms with van der Waals surface area (Å²) < 4.78 is 18.3. The Hall–Kier alpha value is -1.09. The van der Waals surface area contributed by atoms with Crippen LogP contribution in [0.4, 0.5) is 4.39 Å². The van der Waals surface area contributed by atoms with E-state index in [0.717, 1.165) is 0 Å². The summed E-state index contributed by atoms with van der Waals surface area (Å²) in [6.45, 7) is 5.07. The third-order valence-electron chi connectivity index (χ3n) is 2.02. The Labute approximate surface area is 99.4 Å². The smallest absolute Gasteiger partial charge is 0.311 e. The SMILES string of the molecule is CC(C)(C)C(=O)OCc1c(F)cccc1Cl. The van der Waals surface area contributed by atoms with Crippen molar-refractivity contribution in [1.82, 2.24) is 0 Å². The molecule has 0 saturated carbocycles. The molecule has 0 aliphatic carbocycles. The van der Waals surface area contributed by atoms with E-state index in [-0.39, 0.29) is 23.2 Å². The number of halogens is 2. The molecular formula is C12H14ClFO2. The maximum Gasteiger partial charge on any atom is 0.311 e. The summed E-state index contributed by atoms with van der Waals surface area (Å²) in [6, 6.07) is 4.35. The van der Waals surface area contributed by atoms with Crippen LogP contribution in [0, 0.1) is 11.2 Å². The molecule has 0 aliphatic rings. The van der Waals surface area contributed by atoms with E-state index in [2.05, 4.69) is 0 Å². The topological polar surface area (TPSA) is 26.3 Å². The van der Waals surface area contributed by atoms with Crippen molar-refractivity contribution in [2.45, 2.75) is 27.4 Å². The summed E-state index contributed by atoms with van der Waals surface area (Å²) in [5.41, 5.74) is -0.390. The molecule has 88 valence electrons. The third kappa shape index (κ3) is 3.20. The number of carbonyl (C=O) groups excluding carboxylic acids is 1. The zero-order valence-electron chi connectivity index (χ0n) is 9.51. The number of hydrogen-bond donors (Lipinski definition) is 0. The molecule has 0 atom stereocenters. The lowest BCUT2D eigenvalue weighted by atomic mass is 9.97. The van der Waals surface area contributed by atoms with Crippen molar-refractivity contribution < 1.29 is 13.9 Å². The summed E-state index contributed by atoms with van der Waals surface area (Å²) in [5.74, 6) is -0.846. The second kappa shape index (κ2) is 4.83. The van der Waals surface area contributed by atoms with Crippen molar-refractivity contribution in [2.75, 3.05) is 0 Å². The molecule has 4 heteroatoms. The molecule has 1 rings (SSSR count). The van der Waals surface area contributed by atoms with Crippen LogP contribution in [0.25, 0.3) is 0 Å². The molecule has 0 aliphatic heterocycles. The standard InChI is InChI=1S/C12H14ClFO2/c1-12(2,3)11(15)16-7-8-9(13)5-4-6-10(8)14/h4-6H,7H2,1-3H3. The summed E-state index contributed by atoms with van der Waals surface area (Å²) in [6.07, 6.45) is 0. The van der Waals surface area contributed by atoms with Gasteiger partial charge in [-0.1, -0.05) is 17.7 Å². The van der Waals surface area contributed by atoms with E-state index in [1.54, 1.807) is 26.8 Å². The van der Waals surface area contributed by atoms with Crippen LogP contribution in [0.1, 0.15) is 26.3 Å². The summed E-state index contributed by atoms with van der Waals surface area (Å²) in [7, 11) is 0. The molecule has 0 bridgehead atoms. The van der Waals surface area contributed by atoms with Gasteiger partial charge in [0.1, 0.15) is 12.4 Å². The molecule has 0 aromatic heterocycles. The van der Waals surface area contributed by atoms with Crippen molar-refractivity contribution >= 4 is 17.6 Å². The highest BCUT2D eigenvalue weighted by molar-refractivity contribution is 6.31. The largest absolute Gasteiger partial charge is 0.460 e. The number of benzene rings is 1. The first-order valence-corrected chi connectivity index (χ1v) is 5.30. The Kier molecular flexibility index (Phi) is 3.92. The van der Waals surface area contributed by atoms with E-state index in [0.29, 0.717) is 0 Å². The minimum absolute atomic E-state index is 0.137. The summed E-state index contributed by atoms with van der Waals surface area (Å²) >= 11 is 5.80. The quantitative estimate of drug-likeness (QED) is 0.744. The van der Waals surface area contributed by atoms with Crippen molar-refractivity contribution in [2.24, 2.45) is 5.41 Å². The molecule has 0 spiro atoms. The van der Waals surface area contributed by atoms with Crippen LogP contribution in [0.15, 0.2) is 18.2 Å². The van der Waals surface area contributed by atoms with Gasteiger partial charge in [0.05, 0.1) is 10.4 Å². The number of ether oxygens (including phenoxy) is 1. The van der Waals surface area contributed by atoms with E-state index in [9.17, 15) is 9.18 Å². The molecular weight excluding hydrogens is 231 g/mol. The van der Waals surface area contributed by atoms with Gasteiger partial charge >= 0.3 is 5.97 Å². The average Bonchev–Trinajstić information content (AvgIpc) is 2.15. The highest BCUT2D eigenvalue weighted by atomic mass is 35.5. The molecule has 0 saturated heterocycles. The van der Waals surface area contributed by atoms with Crippen molar-refractivity contribution in [1.29, 1.82) is 0 Å². The minimum atomic E-state index is -0.599. The van der Waals surface area contributed by atoms with Crippen LogP contribution in [-0.4, -0.2) is 5.97 Å². The number of carbonyl (C=O) groups is 1. The Morgan fingerprint density at radius 2 is 2.06 bits per heavy atom. The molecule has 0 N–H and O–H groups in total. The normalized spacial score (nSPS) is 11.3. The maximum atomic E-state index is 13.3. The fourth-order valence-corrected chi connectivity index (χ4v) is 1.24. The second-order valence-corrected chi connectivity index (χ2v) is 4.93. The van der Waals surface area contributed by atoms with Gasteiger partial charge < -0.3 is 4.74 Å². The Bertz CT molecular complexity index is 376. The van der Waals surface area contributed by atoms with Crippen molar-refractivity contribution in [3.8, 4) is 0 Å². The van der Waals surface area contributed by atoms with Gasteiger partial charge in [0.2, 0.25) is 0 Å². The van der Waals surface area contributed by atoms with Crippen molar-refractivity contribution in [3.05, 3.63) is 34.6 Å². The van der Waals surface area contributed by atoms with Crippen LogP contribution in [-0.2, 0) is 16.1 Å². The molecule has 0 amide bonds. The first-order chi connectivity index (χ1) is 7.32. The van der Waals surface area contributed by atoms with Gasteiger partial charge in [-0.15, -0.1) is 0 Å². The fourth-order valence-electron chi connectivity index (χ4n) is 1.02. The lowest BCUT2D eigenvalue weighted by Gasteiger charge is -2.17. The van der Waals surface area contributed by atoms with Crippen LogP contribution in [0.2, 0.25) is 5.02 Å². The van der Waals surface area contributed by atoms with Crippen LogP contribution in [0.3, 0.4) is 0 Å². The molecule has 16 heavy (non-hydrogen) atoms. The zero-order valence-corrected chi connectivity index (χ0v) is 10.3. The van der Waals surface area contributed by atoms with E-state index in [1.165, 1.54) is 12.1 Å². The molecule has 0 radical (unpaired) electrons. The summed E-state index contributed by atoms with van der Waals surface area (Å²) in [4.78, 5) is 11.5. The van der Waals surface area contributed by atoms with Crippen LogP contribution in [0.5, 0.6) is 0 Å². The van der Waals surface area contributed by atoms with Gasteiger partial charge in [0.25, 0.3) is 0 Å². The monoisotopic (exact) mass is 244 g/mol. The van der Waals surface area contributed by atoms with E-state index < -0.39 is 11.2 Å². The van der Waals surface area contributed by atoms with Gasteiger partial charge in [-0.3, -0.25) is 4.79 Å². The van der Waals surface area contributed by atoms with Crippen molar-refractivity contribution in [3.63, 3.8) is 0 Å². The van der Waals surface area contributed by atoms with Gasteiger partial charge in [0.15, 0.2) is 0 Å². The van der Waals surface area contributed by atoms with E-state index >= 15 is 0 Å². The minimum Gasteiger partial charge on any atom is -0.460 e. The summed E-state index contributed by atoms with van der Waals surface area (Å²) in [5, 5.41) is 0.265. The molecule has 1 aromatic rings. The predicted molar refractivity (Wildman–Crippen MR) is 60.7 cm³/mol. The van der Waals surface area contributed by atoms with Gasteiger partial charge in [-0.2, -0.15) is 0 Å². The lowest BCUT2D eigenvalue weighted by Crippen LogP contribution is -2.23.